The van der Waals surface area contributed by atoms with Crippen LogP contribution >= 0.6 is 0 Å². The van der Waals surface area contributed by atoms with Gasteiger partial charge in [0, 0.05) is 12.1 Å². The smallest absolute Gasteiger partial charge is 0.416 e. The van der Waals surface area contributed by atoms with Crippen molar-refractivity contribution >= 4 is 5.97 Å². The van der Waals surface area contributed by atoms with Gasteiger partial charge in [-0.05, 0) is 55.7 Å². The summed E-state index contributed by atoms with van der Waals surface area (Å²) in [6.45, 7) is 3.97. The Morgan fingerprint density at radius 3 is 2.36 bits per heavy atom. The third kappa shape index (κ3) is 6.07. The minimum atomic E-state index is -4.45. The molecule has 2 N–H and O–H groups in total. The Morgan fingerprint density at radius 1 is 1.14 bits per heavy atom. The molecule has 0 aliphatic heterocycles. The number of aliphatic hydroxyl groups is 1. The number of esters is 1. The number of carbonyl (C=O) groups is 1. The maximum atomic E-state index is 12.8. The van der Waals surface area contributed by atoms with Crippen molar-refractivity contribution in [2.45, 2.75) is 38.1 Å². The zero-order valence-electron chi connectivity index (χ0n) is 16.0. The van der Waals surface area contributed by atoms with Gasteiger partial charge in [-0.3, -0.25) is 0 Å². The average Bonchev–Trinajstić information content (AvgIpc) is 2.65. The van der Waals surface area contributed by atoms with Gasteiger partial charge in [-0.15, -0.1) is 0 Å². The van der Waals surface area contributed by atoms with E-state index in [2.05, 4.69) is 10.1 Å². The number of nitrogens with one attached hydrogen (secondary N) is 1. The van der Waals surface area contributed by atoms with Gasteiger partial charge in [-0.25, -0.2) is 4.79 Å². The molecule has 7 heteroatoms. The van der Waals surface area contributed by atoms with Crippen LogP contribution in [-0.4, -0.2) is 30.3 Å². The second kappa shape index (κ2) is 8.75. The quantitative estimate of drug-likeness (QED) is 0.692. The summed E-state index contributed by atoms with van der Waals surface area (Å²) >= 11 is 0. The lowest BCUT2D eigenvalue weighted by molar-refractivity contribution is -0.137. The number of hydrogen-bond acceptors (Lipinski definition) is 4. The van der Waals surface area contributed by atoms with Gasteiger partial charge in [-0.1, -0.05) is 24.3 Å². The van der Waals surface area contributed by atoms with Crippen molar-refractivity contribution in [1.29, 1.82) is 0 Å². The molecule has 0 aliphatic rings. The van der Waals surface area contributed by atoms with Gasteiger partial charge in [0.05, 0.1) is 24.3 Å². The van der Waals surface area contributed by atoms with Crippen LogP contribution in [0.25, 0.3) is 0 Å². The van der Waals surface area contributed by atoms with E-state index in [0.29, 0.717) is 12.0 Å². The minimum absolute atomic E-state index is 0.106. The van der Waals surface area contributed by atoms with Gasteiger partial charge in [0.15, 0.2) is 0 Å². The molecular formula is C21H24F3NO3. The number of rotatable bonds is 7. The van der Waals surface area contributed by atoms with E-state index in [1.165, 1.54) is 19.2 Å². The van der Waals surface area contributed by atoms with Crippen LogP contribution in [0, 0.1) is 0 Å². The maximum absolute atomic E-state index is 12.8. The Labute approximate surface area is 162 Å². The Kier molecular flexibility index (Phi) is 6.85. The molecule has 0 aromatic heterocycles. The Balaban J connectivity index is 1.98. The Hall–Kier alpha value is -2.38. The summed E-state index contributed by atoms with van der Waals surface area (Å²) in [6, 6.07) is 11.7. The average molecular weight is 395 g/mol. The summed E-state index contributed by atoms with van der Waals surface area (Å²) in [5.74, 6) is -0.409. The van der Waals surface area contributed by atoms with Crippen molar-refractivity contribution in [3.05, 3.63) is 70.8 Å². The van der Waals surface area contributed by atoms with Gasteiger partial charge in [-0.2, -0.15) is 13.2 Å². The molecule has 0 radical (unpaired) electrons. The molecule has 0 amide bonds. The van der Waals surface area contributed by atoms with Crippen molar-refractivity contribution in [2.24, 2.45) is 0 Å². The summed E-state index contributed by atoms with van der Waals surface area (Å²) < 4.78 is 43.1. The highest BCUT2D eigenvalue weighted by Gasteiger charge is 2.31. The number of benzene rings is 2. The number of carbonyl (C=O) groups excluding carboxylic acids is 1. The predicted molar refractivity (Wildman–Crippen MR) is 100.0 cm³/mol. The third-order valence-electron chi connectivity index (χ3n) is 4.39. The molecule has 4 nitrogen and oxygen atoms in total. The maximum Gasteiger partial charge on any atom is 0.416 e. The number of alkyl halides is 3. The first-order chi connectivity index (χ1) is 13.0. The van der Waals surface area contributed by atoms with Gasteiger partial charge >= 0.3 is 12.1 Å². The highest BCUT2D eigenvalue weighted by molar-refractivity contribution is 5.89. The molecule has 28 heavy (non-hydrogen) atoms. The molecule has 1 unspecified atom stereocenters. The fourth-order valence-corrected chi connectivity index (χ4v) is 2.86. The number of hydrogen-bond donors (Lipinski definition) is 2. The largest absolute Gasteiger partial charge is 0.465 e. The van der Waals surface area contributed by atoms with Gasteiger partial charge in [0.2, 0.25) is 0 Å². The second-order valence-electron chi connectivity index (χ2n) is 7.27. The molecule has 2 rings (SSSR count). The number of halogens is 3. The lowest BCUT2D eigenvalue weighted by Gasteiger charge is -2.28. The third-order valence-corrected chi connectivity index (χ3v) is 4.39. The SMILES string of the molecule is COC(=O)c1ccc(CC(C)(C)NCC(O)c2cccc(C(F)(F)F)c2)cc1. The molecule has 2 aromatic rings. The second-order valence-corrected chi connectivity index (χ2v) is 7.27. The van der Waals surface area contributed by atoms with Gasteiger partial charge < -0.3 is 15.2 Å². The molecular weight excluding hydrogens is 371 g/mol. The lowest BCUT2D eigenvalue weighted by Crippen LogP contribution is -2.43. The normalized spacial score (nSPS) is 13.2. The number of aliphatic hydroxyl groups excluding tert-OH is 1. The van der Waals surface area contributed by atoms with E-state index in [0.717, 1.165) is 17.7 Å². The molecule has 0 bridgehead atoms. The van der Waals surface area contributed by atoms with E-state index in [4.69, 9.17) is 0 Å². The summed E-state index contributed by atoms with van der Waals surface area (Å²) in [5.41, 5.74) is 0.431. The van der Waals surface area contributed by atoms with Crippen LogP contribution in [0.15, 0.2) is 48.5 Å². The van der Waals surface area contributed by atoms with Gasteiger partial charge in [0.25, 0.3) is 0 Å². The first-order valence-electron chi connectivity index (χ1n) is 8.79. The van der Waals surface area contributed by atoms with Crippen LogP contribution in [0.1, 0.15) is 47.0 Å². The van der Waals surface area contributed by atoms with E-state index >= 15 is 0 Å². The molecule has 0 aliphatic carbocycles. The van der Waals surface area contributed by atoms with Crippen LogP contribution in [0.5, 0.6) is 0 Å². The standard InChI is InChI=1S/C21H24F3NO3/c1-20(2,12-14-7-9-15(10-8-14)19(27)28-3)25-13-18(26)16-5-4-6-17(11-16)21(22,23)24/h4-11,18,25-26H,12-13H2,1-3H3. The number of ether oxygens (including phenoxy) is 1. The van der Waals surface area contributed by atoms with Crippen molar-refractivity contribution in [2.75, 3.05) is 13.7 Å². The van der Waals surface area contributed by atoms with Crippen molar-refractivity contribution in [3.8, 4) is 0 Å². The summed E-state index contributed by atoms with van der Waals surface area (Å²) in [5, 5.41) is 13.5. The van der Waals surface area contributed by atoms with Crippen LogP contribution in [0.3, 0.4) is 0 Å². The van der Waals surface area contributed by atoms with Crippen LogP contribution in [0.4, 0.5) is 13.2 Å². The minimum Gasteiger partial charge on any atom is -0.465 e. The monoisotopic (exact) mass is 395 g/mol. The molecule has 2 aromatic carbocycles. The Bertz CT molecular complexity index is 801. The number of methoxy groups -OCH3 is 1. The van der Waals surface area contributed by atoms with E-state index in [1.54, 1.807) is 12.1 Å². The molecule has 0 heterocycles. The van der Waals surface area contributed by atoms with E-state index in [1.807, 2.05) is 26.0 Å². The molecule has 1 atom stereocenters. The van der Waals surface area contributed by atoms with Crippen LogP contribution in [-0.2, 0) is 17.3 Å². The van der Waals surface area contributed by atoms with Crippen molar-refractivity contribution in [1.82, 2.24) is 5.32 Å². The van der Waals surface area contributed by atoms with E-state index < -0.39 is 29.4 Å². The van der Waals surface area contributed by atoms with Crippen molar-refractivity contribution in [3.63, 3.8) is 0 Å². The van der Waals surface area contributed by atoms with E-state index in [-0.39, 0.29) is 12.1 Å². The topological polar surface area (TPSA) is 58.6 Å². The first-order valence-corrected chi connectivity index (χ1v) is 8.79. The fraction of sp³-hybridized carbons (Fsp3) is 0.381. The molecule has 0 saturated heterocycles. The summed E-state index contributed by atoms with van der Waals surface area (Å²) in [6.07, 6.45) is -4.91. The predicted octanol–water partition coefficient (Wildman–Crippen LogP) is 4.14. The molecule has 152 valence electrons. The zero-order valence-corrected chi connectivity index (χ0v) is 16.0. The van der Waals surface area contributed by atoms with Crippen molar-refractivity contribution < 1.29 is 27.8 Å². The first kappa shape index (κ1) is 21.9. The van der Waals surface area contributed by atoms with Crippen LogP contribution < -0.4 is 5.32 Å². The Morgan fingerprint density at radius 2 is 1.79 bits per heavy atom. The molecule has 0 spiro atoms. The molecule has 0 saturated carbocycles. The summed E-state index contributed by atoms with van der Waals surface area (Å²) in [4.78, 5) is 11.5. The zero-order chi connectivity index (χ0) is 20.9. The highest BCUT2D eigenvalue weighted by atomic mass is 19.4. The lowest BCUT2D eigenvalue weighted by atomic mass is 9.93. The van der Waals surface area contributed by atoms with Crippen LogP contribution in [0.2, 0.25) is 0 Å². The highest BCUT2D eigenvalue weighted by Crippen LogP contribution is 2.30. The van der Waals surface area contributed by atoms with Gasteiger partial charge in [0.1, 0.15) is 0 Å². The number of β-amino-alcohol motifs (C(OH)–C–C–N with tert-alkyl or cyclic N) is 1. The fourth-order valence-electron chi connectivity index (χ4n) is 2.86. The van der Waals surface area contributed by atoms with E-state index in [9.17, 15) is 23.1 Å². The molecule has 0 fully saturated rings. The summed E-state index contributed by atoms with van der Waals surface area (Å²) in [7, 11) is 1.32.